The average molecular weight is 289 g/mol. The zero-order valence-corrected chi connectivity index (χ0v) is 11.1. The minimum Gasteiger partial charge on any atom is -0.346 e. The molecular formula is C12H13F2NO3S. The molecule has 4 nitrogen and oxygen atoms in total. The normalized spacial score (nSPS) is 25.2. The maximum Gasteiger partial charge on any atom is 0.251 e. The summed E-state index contributed by atoms with van der Waals surface area (Å²) >= 11 is 0. The topological polar surface area (TPSA) is 63.2 Å². The molecule has 0 bridgehead atoms. The highest BCUT2D eigenvalue weighted by atomic mass is 32.2. The number of nitrogens with one attached hydrogen (secondary N) is 1. The first-order valence-corrected chi connectivity index (χ1v) is 7.51. The van der Waals surface area contributed by atoms with Crippen LogP contribution in [0.15, 0.2) is 18.2 Å². The van der Waals surface area contributed by atoms with E-state index in [2.05, 4.69) is 5.32 Å². The number of carbonyl (C=O) groups is 1. The molecule has 1 N–H and O–H groups in total. The molecule has 0 saturated carbocycles. The fourth-order valence-corrected chi connectivity index (χ4v) is 4.19. The van der Waals surface area contributed by atoms with Crippen LogP contribution in [0.25, 0.3) is 0 Å². The predicted molar refractivity (Wildman–Crippen MR) is 65.5 cm³/mol. The second kappa shape index (κ2) is 4.56. The molecule has 0 aliphatic carbocycles. The molecule has 7 heteroatoms. The van der Waals surface area contributed by atoms with E-state index in [0.717, 1.165) is 18.2 Å². The summed E-state index contributed by atoms with van der Waals surface area (Å²) in [4.78, 5) is 11.9. The van der Waals surface area contributed by atoms with Gasteiger partial charge in [-0.15, -0.1) is 0 Å². The monoisotopic (exact) mass is 289 g/mol. The van der Waals surface area contributed by atoms with E-state index in [1.165, 1.54) is 0 Å². The molecule has 104 valence electrons. The van der Waals surface area contributed by atoms with Gasteiger partial charge in [-0.2, -0.15) is 0 Å². The number of carbonyl (C=O) groups excluding carboxylic acids is 1. The van der Waals surface area contributed by atoms with Gasteiger partial charge in [0.25, 0.3) is 5.91 Å². The molecular weight excluding hydrogens is 276 g/mol. The van der Waals surface area contributed by atoms with Crippen LogP contribution in [-0.4, -0.2) is 31.4 Å². The molecule has 0 spiro atoms. The lowest BCUT2D eigenvalue weighted by atomic mass is 10.0. The van der Waals surface area contributed by atoms with Crippen molar-refractivity contribution in [3.8, 4) is 0 Å². The third kappa shape index (κ3) is 3.09. The highest BCUT2D eigenvalue weighted by Crippen LogP contribution is 2.23. The fraction of sp³-hybridized carbons (Fsp3) is 0.417. The third-order valence-electron chi connectivity index (χ3n) is 3.10. The van der Waals surface area contributed by atoms with E-state index in [1.54, 1.807) is 6.92 Å². The van der Waals surface area contributed by atoms with Gasteiger partial charge in [0.1, 0.15) is 0 Å². The molecule has 19 heavy (non-hydrogen) atoms. The minimum absolute atomic E-state index is 0.0154. The average Bonchev–Trinajstić information content (AvgIpc) is 2.56. The number of halogens is 2. The van der Waals surface area contributed by atoms with Gasteiger partial charge in [0.05, 0.1) is 17.0 Å². The van der Waals surface area contributed by atoms with E-state index in [-0.39, 0.29) is 17.1 Å². The molecule has 0 unspecified atom stereocenters. The summed E-state index contributed by atoms with van der Waals surface area (Å²) < 4.78 is 48.6. The number of hydrogen-bond acceptors (Lipinski definition) is 3. The molecule has 1 aromatic carbocycles. The molecule has 1 aliphatic rings. The summed E-state index contributed by atoms with van der Waals surface area (Å²) in [6.45, 7) is 1.62. The molecule has 2 rings (SSSR count). The molecule has 1 saturated heterocycles. The van der Waals surface area contributed by atoms with Crippen molar-refractivity contribution in [3.05, 3.63) is 35.4 Å². The highest BCUT2D eigenvalue weighted by molar-refractivity contribution is 7.91. The number of hydrogen-bond donors (Lipinski definition) is 1. The van der Waals surface area contributed by atoms with Crippen molar-refractivity contribution in [3.63, 3.8) is 0 Å². The maximum atomic E-state index is 13.0. The zero-order valence-electron chi connectivity index (χ0n) is 10.2. The van der Waals surface area contributed by atoms with Gasteiger partial charge < -0.3 is 5.32 Å². The fourth-order valence-electron chi connectivity index (χ4n) is 2.09. The van der Waals surface area contributed by atoms with Gasteiger partial charge in [0.15, 0.2) is 21.5 Å². The lowest BCUT2D eigenvalue weighted by Crippen LogP contribution is -2.46. The molecule has 1 aliphatic heterocycles. The number of amides is 1. The van der Waals surface area contributed by atoms with E-state index < -0.39 is 32.9 Å². The summed E-state index contributed by atoms with van der Waals surface area (Å²) in [7, 11) is -3.15. The molecule has 1 fully saturated rings. The zero-order chi connectivity index (χ0) is 14.3. The SMILES string of the molecule is C[C@]1(NC(=O)c2ccc(F)c(F)c2)CCS(=O)(=O)C1. The van der Waals surface area contributed by atoms with Crippen molar-refractivity contribution in [1.82, 2.24) is 5.32 Å². The first kappa shape index (κ1) is 13.9. The lowest BCUT2D eigenvalue weighted by molar-refractivity contribution is 0.0915. The van der Waals surface area contributed by atoms with E-state index >= 15 is 0 Å². The Morgan fingerprint density at radius 3 is 2.53 bits per heavy atom. The Morgan fingerprint density at radius 1 is 1.32 bits per heavy atom. The Labute approximate surface area is 109 Å². The van der Waals surface area contributed by atoms with E-state index in [0.29, 0.717) is 6.42 Å². The highest BCUT2D eigenvalue weighted by Gasteiger charge is 2.39. The van der Waals surface area contributed by atoms with Gasteiger partial charge in [0.2, 0.25) is 0 Å². The Hall–Kier alpha value is -1.50. The van der Waals surface area contributed by atoms with Gasteiger partial charge >= 0.3 is 0 Å². The van der Waals surface area contributed by atoms with Crippen molar-refractivity contribution >= 4 is 15.7 Å². The number of benzene rings is 1. The van der Waals surface area contributed by atoms with Crippen LogP contribution < -0.4 is 5.32 Å². The van der Waals surface area contributed by atoms with Crippen LogP contribution in [0.1, 0.15) is 23.7 Å². The largest absolute Gasteiger partial charge is 0.346 e. The van der Waals surface area contributed by atoms with Gasteiger partial charge in [-0.1, -0.05) is 0 Å². The standard InChI is InChI=1S/C12H13F2NO3S/c1-12(4-5-19(17,18)7-12)15-11(16)8-2-3-9(13)10(14)6-8/h2-3,6H,4-5,7H2,1H3,(H,15,16)/t12-/m0/s1. The van der Waals surface area contributed by atoms with E-state index in [9.17, 15) is 22.0 Å². The molecule has 1 amide bonds. The smallest absolute Gasteiger partial charge is 0.251 e. The number of sulfone groups is 1. The molecule has 0 aromatic heterocycles. The van der Waals surface area contributed by atoms with Crippen LogP contribution in [0.4, 0.5) is 8.78 Å². The van der Waals surface area contributed by atoms with Crippen molar-refractivity contribution in [2.24, 2.45) is 0 Å². The van der Waals surface area contributed by atoms with Crippen LogP contribution in [-0.2, 0) is 9.84 Å². The van der Waals surface area contributed by atoms with Crippen molar-refractivity contribution in [2.45, 2.75) is 18.9 Å². The van der Waals surface area contributed by atoms with Gasteiger partial charge in [0, 0.05) is 5.56 Å². The Morgan fingerprint density at radius 2 is 2.00 bits per heavy atom. The summed E-state index contributed by atoms with van der Waals surface area (Å²) in [5.41, 5.74) is -0.898. The Balaban J connectivity index is 2.15. The van der Waals surface area contributed by atoms with Gasteiger partial charge in [-0.3, -0.25) is 4.79 Å². The second-order valence-corrected chi connectivity index (χ2v) is 7.17. The molecule has 0 radical (unpaired) electrons. The maximum absolute atomic E-state index is 13.0. The van der Waals surface area contributed by atoms with Crippen LogP contribution in [0, 0.1) is 11.6 Å². The molecule has 1 heterocycles. The minimum atomic E-state index is -3.15. The predicted octanol–water partition coefficient (Wildman–Crippen LogP) is 1.27. The van der Waals surface area contributed by atoms with Crippen molar-refractivity contribution in [1.29, 1.82) is 0 Å². The second-order valence-electron chi connectivity index (χ2n) is 4.99. The summed E-state index contributed by atoms with van der Waals surface area (Å²) in [6, 6.07) is 2.80. The van der Waals surface area contributed by atoms with Crippen LogP contribution in [0.3, 0.4) is 0 Å². The van der Waals surface area contributed by atoms with E-state index in [1.807, 2.05) is 0 Å². The number of rotatable bonds is 2. The lowest BCUT2D eigenvalue weighted by Gasteiger charge is -2.23. The first-order chi connectivity index (χ1) is 8.71. The quantitative estimate of drug-likeness (QED) is 0.892. The van der Waals surface area contributed by atoms with Gasteiger partial charge in [-0.25, -0.2) is 17.2 Å². The van der Waals surface area contributed by atoms with Gasteiger partial charge in [-0.05, 0) is 31.5 Å². The van der Waals surface area contributed by atoms with E-state index in [4.69, 9.17) is 0 Å². The third-order valence-corrected chi connectivity index (χ3v) is 5.00. The molecule has 1 atom stereocenters. The van der Waals surface area contributed by atoms with Crippen LogP contribution in [0.2, 0.25) is 0 Å². The van der Waals surface area contributed by atoms with Crippen molar-refractivity contribution < 1.29 is 22.0 Å². The Kier molecular flexibility index (Phi) is 3.34. The molecule has 1 aromatic rings. The summed E-state index contributed by atoms with van der Waals surface area (Å²) in [5, 5.41) is 2.57. The van der Waals surface area contributed by atoms with Crippen LogP contribution >= 0.6 is 0 Å². The van der Waals surface area contributed by atoms with Crippen molar-refractivity contribution in [2.75, 3.05) is 11.5 Å². The summed E-state index contributed by atoms with van der Waals surface area (Å²) in [6.07, 6.45) is 0.310. The summed E-state index contributed by atoms with van der Waals surface area (Å²) in [5.74, 6) is -2.89. The van der Waals surface area contributed by atoms with Crippen LogP contribution in [0.5, 0.6) is 0 Å². The Bertz CT molecular complexity index is 630. The first-order valence-electron chi connectivity index (χ1n) is 5.69.